The highest BCUT2D eigenvalue weighted by atomic mass is 16.2. The van der Waals surface area contributed by atoms with Crippen LogP contribution in [0.5, 0.6) is 0 Å². The normalized spacial score (nSPS) is 17.0. The Labute approximate surface area is 135 Å². The van der Waals surface area contributed by atoms with Crippen LogP contribution in [-0.4, -0.2) is 48.4 Å². The van der Waals surface area contributed by atoms with Crippen molar-refractivity contribution in [1.29, 1.82) is 0 Å². The third-order valence-corrected chi connectivity index (χ3v) is 3.55. The maximum atomic E-state index is 12.0. The van der Waals surface area contributed by atoms with Gasteiger partial charge in [0.05, 0.1) is 6.04 Å². The third-order valence-electron chi connectivity index (χ3n) is 3.55. The fourth-order valence-corrected chi connectivity index (χ4v) is 2.48. The van der Waals surface area contributed by atoms with E-state index in [0.29, 0.717) is 32.6 Å². The summed E-state index contributed by atoms with van der Waals surface area (Å²) in [5.41, 5.74) is 1.07. The molecule has 1 heterocycles. The number of benzene rings is 1. The summed E-state index contributed by atoms with van der Waals surface area (Å²) in [6.45, 7) is 3.21. The average molecular weight is 318 g/mol. The van der Waals surface area contributed by atoms with Crippen LogP contribution in [0.3, 0.4) is 0 Å². The Bertz CT molecular complexity index is 562. The second kappa shape index (κ2) is 8.17. The summed E-state index contributed by atoms with van der Waals surface area (Å²) >= 11 is 0. The van der Waals surface area contributed by atoms with Gasteiger partial charge < -0.3 is 20.9 Å². The number of nitrogens with one attached hydrogen (secondary N) is 3. The molecule has 1 aliphatic heterocycles. The van der Waals surface area contributed by atoms with E-state index < -0.39 is 0 Å². The van der Waals surface area contributed by atoms with Gasteiger partial charge in [-0.15, -0.1) is 0 Å². The maximum Gasteiger partial charge on any atom is 0.315 e. The standard InChI is InChI=1S/C16H22N4O3/c1-12(21)17-7-8-18-16(23)19-14-9-15(22)20(11-14)10-13-5-3-2-4-6-13/h2-6,14H,7-11H2,1H3,(H,17,21)(H2,18,19,23). The molecule has 0 saturated carbocycles. The van der Waals surface area contributed by atoms with E-state index in [2.05, 4.69) is 16.0 Å². The van der Waals surface area contributed by atoms with E-state index in [4.69, 9.17) is 0 Å². The van der Waals surface area contributed by atoms with E-state index >= 15 is 0 Å². The summed E-state index contributed by atoms with van der Waals surface area (Å²) in [5.74, 6) is -0.0949. The van der Waals surface area contributed by atoms with E-state index in [1.807, 2.05) is 30.3 Å². The minimum Gasteiger partial charge on any atom is -0.355 e. The molecule has 23 heavy (non-hydrogen) atoms. The first-order chi connectivity index (χ1) is 11.0. The molecule has 0 bridgehead atoms. The number of amides is 4. The van der Waals surface area contributed by atoms with E-state index in [1.54, 1.807) is 4.90 Å². The topological polar surface area (TPSA) is 90.5 Å². The van der Waals surface area contributed by atoms with Gasteiger partial charge in [0.25, 0.3) is 0 Å². The average Bonchev–Trinajstić information content (AvgIpc) is 2.84. The Morgan fingerprint density at radius 1 is 1.17 bits per heavy atom. The number of likely N-dealkylation sites (tertiary alicyclic amines) is 1. The van der Waals surface area contributed by atoms with Crippen LogP contribution in [-0.2, 0) is 16.1 Å². The van der Waals surface area contributed by atoms with Crippen LogP contribution in [0.2, 0.25) is 0 Å². The number of nitrogens with zero attached hydrogens (tertiary/aromatic N) is 1. The molecule has 1 aromatic rings. The zero-order valence-electron chi connectivity index (χ0n) is 13.2. The van der Waals surface area contributed by atoms with Crippen LogP contribution < -0.4 is 16.0 Å². The molecule has 0 aliphatic carbocycles. The van der Waals surface area contributed by atoms with Crippen molar-refractivity contribution in [3.8, 4) is 0 Å². The van der Waals surface area contributed by atoms with Gasteiger partial charge in [0.1, 0.15) is 0 Å². The lowest BCUT2D eigenvalue weighted by Crippen LogP contribution is -2.45. The monoisotopic (exact) mass is 318 g/mol. The molecule has 2 rings (SSSR count). The molecule has 1 fully saturated rings. The van der Waals surface area contributed by atoms with Crippen molar-refractivity contribution in [2.75, 3.05) is 19.6 Å². The van der Waals surface area contributed by atoms with Gasteiger partial charge in [0.2, 0.25) is 11.8 Å². The van der Waals surface area contributed by atoms with Crippen molar-refractivity contribution >= 4 is 17.8 Å². The van der Waals surface area contributed by atoms with Gasteiger partial charge in [0, 0.05) is 39.5 Å². The second-order valence-electron chi connectivity index (χ2n) is 5.54. The molecule has 1 saturated heterocycles. The van der Waals surface area contributed by atoms with Crippen LogP contribution >= 0.6 is 0 Å². The van der Waals surface area contributed by atoms with Crippen molar-refractivity contribution in [1.82, 2.24) is 20.9 Å². The predicted octanol–water partition coefficient (Wildman–Crippen LogP) is 0.223. The van der Waals surface area contributed by atoms with E-state index in [0.717, 1.165) is 5.56 Å². The van der Waals surface area contributed by atoms with Crippen molar-refractivity contribution in [2.45, 2.75) is 25.9 Å². The summed E-state index contributed by atoms with van der Waals surface area (Å²) in [5, 5.41) is 8.03. The molecule has 1 aliphatic rings. The molecule has 7 nitrogen and oxygen atoms in total. The number of hydrogen-bond acceptors (Lipinski definition) is 3. The summed E-state index contributed by atoms with van der Waals surface area (Å²) in [4.78, 5) is 36.2. The Kier molecular flexibility index (Phi) is 5.96. The first kappa shape index (κ1) is 16.8. The highest BCUT2D eigenvalue weighted by Gasteiger charge is 2.30. The molecule has 0 radical (unpaired) electrons. The summed E-state index contributed by atoms with van der Waals surface area (Å²) in [6, 6.07) is 9.25. The Hall–Kier alpha value is -2.57. The lowest BCUT2D eigenvalue weighted by Gasteiger charge is -2.17. The lowest BCUT2D eigenvalue weighted by molar-refractivity contribution is -0.128. The smallest absolute Gasteiger partial charge is 0.315 e. The molecule has 124 valence electrons. The summed E-state index contributed by atoms with van der Waals surface area (Å²) in [6.07, 6.45) is 0.311. The Morgan fingerprint density at radius 3 is 2.57 bits per heavy atom. The zero-order chi connectivity index (χ0) is 16.7. The largest absolute Gasteiger partial charge is 0.355 e. The summed E-state index contributed by atoms with van der Waals surface area (Å²) in [7, 11) is 0. The molecule has 1 unspecified atom stereocenters. The third kappa shape index (κ3) is 5.61. The van der Waals surface area contributed by atoms with Gasteiger partial charge in [-0.3, -0.25) is 9.59 Å². The SMILES string of the molecule is CC(=O)NCCNC(=O)NC1CC(=O)N(Cc2ccccc2)C1. The van der Waals surface area contributed by atoms with Gasteiger partial charge in [-0.1, -0.05) is 30.3 Å². The van der Waals surface area contributed by atoms with Crippen molar-refractivity contribution in [3.05, 3.63) is 35.9 Å². The maximum absolute atomic E-state index is 12.0. The number of carbonyl (C=O) groups is 3. The first-order valence-corrected chi connectivity index (χ1v) is 7.65. The van der Waals surface area contributed by atoms with Crippen molar-refractivity contribution < 1.29 is 14.4 Å². The molecule has 4 amide bonds. The fraction of sp³-hybridized carbons (Fsp3) is 0.438. The zero-order valence-corrected chi connectivity index (χ0v) is 13.2. The number of urea groups is 1. The van der Waals surface area contributed by atoms with E-state index in [-0.39, 0.29) is 23.9 Å². The highest BCUT2D eigenvalue weighted by molar-refractivity contribution is 5.81. The minimum atomic E-state index is -0.324. The molecular formula is C16H22N4O3. The van der Waals surface area contributed by atoms with Crippen molar-refractivity contribution in [3.63, 3.8) is 0 Å². The minimum absolute atomic E-state index is 0.0393. The van der Waals surface area contributed by atoms with Crippen LogP contribution in [0.1, 0.15) is 18.9 Å². The highest BCUT2D eigenvalue weighted by Crippen LogP contribution is 2.14. The molecule has 3 N–H and O–H groups in total. The molecule has 7 heteroatoms. The molecular weight excluding hydrogens is 296 g/mol. The Morgan fingerprint density at radius 2 is 1.87 bits per heavy atom. The molecule has 1 atom stereocenters. The number of hydrogen-bond donors (Lipinski definition) is 3. The van der Waals surface area contributed by atoms with E-state index in [9.17, 15) is 14.4 Å². The Balaban J connectivity index is 1.72. The predicted molar refractivity (Wildman–Crippen MR) is 85.5 cm³/mol. The number of carbonyl (C=O) groups excluding carboxylic acids is 3. The van der Waals surface area contributed by atoms with Gasteiger partial charge in [-0.2, -0.15) is 0 Å². The van der Waals surface area contributed by atoms with Crippen LogP contribution in [0.4, 0.5) is 4.79 Å². The van der Waals surface area contributed by atoms with E-state index in [1.165, 1.54) is 6.92 Å². The van der Waals surface area contributed by atoms with Gasteiger partial charge in [0.15, 0.2) is 0 Å². The molecule has 1 aromatic carbocycles. The van der Waals surface area contributed by atoms with Gasteiger partial charge in [-0.25, -0.2) is 4.79 Å². The molecule has 0 aromatic heterocycles. The van der Waals surface area contributed by atoms with Crippen molar-refractivity contribution in [2.24, 2.45) is 0 Å². The second-order valence-corrected chi connectivity index (χ2v) is 5.54. The lowest BCUT2D eigenvalue weighted by atomic mass is 10.2. The summed E-state index contributed by atoms with van der Waals surface area (Å²) < 4.78 is 0. The quantitative estimate of drug-likeness (QED) is 0.656. The van der Waals surface area contributed by atoms with Crippen LogP contribution in [0.15, 0.2) is 30.3 Å². The number of rotatable bonds is 6. The fourth-order valence-electron chi connectivity index (χ4n) is 2.48. The van der Waals surface area contributed by atoms with Crippen LogP contribution in [0.25, 0.3) is 0 Å². The molecule has 0 spiro atoms. The van der Waals surface area contributed by atoms with Gasteiger partial charge >= 0.3 is 6.03 Å². The first-order valence-electron chi connectivity index (χ1n) is 7.65. The van der Waals surface area contributed by atoms with Crippen LogP contribution in [0, 0.1) is 0 Å². The van der Waals surface area contributed by atoms with Gasteiger partial charge in [-0.05, 0) is 5.56 Å².